The summed E-state index contributed by atoms with van der Waals surface area (Å²) in [6.07, 6.45) is 1.33. The van der Waals surface area contributed by atoms with Crippen LogP contribution in [0.4, 0.5) is 4.79 Å². The van der Waals surface area contributed by atoms with Gasteiger partial charge in [0.25, 0.3) is 0 Å². The van der Waals surface area contributed by atoms with Crippen molar-refractivity contribution in [2.75, 3.05) is 7.11 Å². The number of rotatable bonds is 6. The van der Waals surface area contributed by atoms with Crippen molar-refractivity contribution in [3.05, 3.63) is 89.7 Å². The van der Waals surface area contributed by atoms with Crippen LogP contribution in [-0.2, 0) is 23.1 Å². The van der Waals surface area contributed by atoms with Crippen LogP contribution in [0.3, 0.4) is 0 Å². The molecule has 7 heteroatoms. The van der Waals surface area contributed by atoms with E-state index in [9.17, 15) is 9.59 Å². The molecule has 33 heavy (non-hydrogen) atoms. The number of benzene rings is 2. The molecule has 0 fully saturated rings. The first-order valence-electron chi connectivity index (χ1n) is 10.6. The molecule has 0 saturated carbocycles. The predicted octanol–water partition coefficient (Wildman–Crippen LogP) is 5.01. The number of amides is 1. The third kappa shape index (κ3) is 4.87. The molecule has 0 saturated heterocycles. The average Bonchev–Trinajstić information content (AvgIpc) is 3.23. The van der Waals surface area contributed by atoms with Crippen LogP contribution in [0.1, 0.15) is 34.6 Å². The minimum atomic E-state index is -0.499. The number of para-hydroxylation sites is 1. The summed E-state index contributed by atoms with van der Waals surface area (Å²) in [5, 5.41) is 3.84. The van der Waals surface area contributed by atoms with E-state index in [4.69, 9.17) is 14.5 Å². The molecule has 0 spiro atoms. The van der Waals surface area contributed by atoms with Gasteiger partial charge in [-0.05, 0) is 36.2 Å². The Labute approximate surface area is 192 Å². The van der Waals surface area contributed by atoms with E-state index in [0.717, 1.165) is 27.6 Å². The highest BCUT2D eigenvalue weighted by molar-refractivity contribution is 5.91. The van der Waals surface area contributed by atoms with Crippen molar-refractivity contribution < 1.29 is 19.1 Å². The fraction of sp³-hybridized carbons (Fsp3) is 0.192. The summed E-state index contributed by atoms with van der Waals surface area (Å²) in [5.74, 6) is -0.416. The number of carbonyl (C=O) groups is 2. The number of aryl methyl sites for hydroxylation is 1. The van der Waals surface area contributed by atoms with Gasteiger partial charge in [-0.1, -0.05) is 48.5 Å². The molecule has 0 aliphatic carbocycles. The van der Waals surface area contributed by atoms with Crippen molar-refractivity contribution in [2.45, 2.75) is 19.6 Å². The van der Waals surface area contributed by atoms with Gasteiger partial charge in [-0.3, -0.25) is 0 Å². The van der Waals surface area contributed by atoms with E-state index in [1.165, 1.54) is 7.11 Å². The third-order valence-electron chi connectivity index (χ3n) is 5.46. The Balaban J connectivity index is 1.61. The number of alkyl carbamates (subject to hydrolysis) is 1. The second-order valence-electron chi connectivity index (χ2n) is 7.76. The van der Waals surface area contributed by atoms with Gasteiger partial charge in [-0.25, -0.2) is 14.6 Å². The van der Waals surface area contributed by atoms with Crippen molar-refractivity contribution in [1.82, 2.24) is 14.9 Å². The van der Waals surface area contributed by atoms with E-state index in [1.807, 2.05) is 73.8 Å². The number of ether oxygens (including phenoxy) is 2. The summed E-state index contributed by atoms with van der Waals surface area (Å²) in [5.41, 5.74) is 4.52. The van der Waals surface area contributed by atoms with Crippen LogP contribution in [-0.4, -0.2) is 28.7 Å². The van der Waals surface area contributed by atoms with E-state index in [-0.39, 0.29) is 12.6 Å². The van der Waals surface area contributed by atoms with Crippen molar-refractivity contribution >= 4 is 23.0 Å². The van der Waals surface area contributed by atoms with Crippen molar-refractivity contribution in [3.8, 4) is 11.3 Å². The van der Waals surface area contributed by atoms with Gasteiger partial charge in [0.05, 0.1) is 24.4 Å². The summed E-state index contributed by atoms with van der Waals surface area (Å²) in [4.78, 5) is 29.2. The monoisotopic (exact) mass is 443 g/mol. The maximum Gasteiger partial charge on any atom is 0.407 e. The quantitative estimate of drug-likeness (QED) is 0.424. The first-order valence-corrected chi connectivity index (χ1v) is 10.6. The van der Waals surface area contributed by atoms with Crippen LogP contribution < -0.4 is 5.32 Å². The molecule has 1 amide bonds. The third-order valence-corrected chi connectivity index (χ3v) is 5.46. The van der Waals surface area contributed by atoms with Gasteiger partial charge < -0.3 is 19.4 Å². The second-order valence-corrected chi connectivity index (χ2v) is 7.76. The minimum absolute atomic E-state index is 0.196. The fourth-order valence-corrected chi connectivity index (χ4v) is 3.74. The smallest absolute Gasteiger partial charge is 0.407 e. The highest BCUT2D eigenvalue weighted by atomic mass is 16.5. The molecule has 7 nitrogen and oxygen atoms in total. The van der Waals surface area contributed by atoms with E-state index in [1.54, 1.807) is 17.7 Å². The van der Waals surface area contributed by atoms with Crippen LogP contribution in [0.2, 0.25) is 0 Å². The summed E-state index contributed by atoms with van der Waals surface area (Å²) in [6.45, 7) is 2.10. The van der Waals surface area contributed by atoms with Crippen LogP contribution in [0.5, 0.6) is 0 Å². The van der Waals surface area contributed by atoms with Crippen molar-refractivity contribution in [1.29, 1.82) is 0 Å². The summed E-state index contributed by atoms with van der Waals surface area (Å²) < 4.78 is 11.9. The number of fused-ring (bicyclic) bond motifs is 1. The van der Waals surface area contributed by atoms with Crippen molar-refractivity contribution in [2.24, 2.45) is 7.05 Å². The van der Waals surface area contributed by atoms with E-state index < -0.39 is 12.1 Å². The predicted molar refractivity (Wildman–Crippen MR) is 126 cm³/mol. The lowest BCUT2D eigenvalue weighted by molar-refractivity contribution is 0.0590. The summed E-state index contributed by atoms with van der Waals surface area (Å²) in [7, 11) is 3.14. The maximum absolute atomic E-state index is 12.4. The number of aromatic nitrogens is 2. The van der Waals surface area contributed by atoms with Crippen molar-refractivity contribution in [3.63, 3.8) is 0 Å². The minimum Gasteiger partial charge on any atom is -0.464 e. The molecule has 4 rings (SSSR count). The molecule has 2 aromatic carbocycles. The molecular weight excluding hydrogens is 418 g/mol. The molecule has 2 heterocycles. The molecule has 0 aliphatic heterocycles. The first kappa shape index (κ1) is 22.1. The van der Waals surface area contributed by atoms with Gasteiger partial charge in [0.15, 0.2) is 0 Å². The van der Waals surface area contributed by atoms with Gasteiger partial charge in [0, 0.05) is 24.2 Å². The highest BCUT2D eigenvalue weighted by Crippen LogP contribution is 2.29. The second kappa shape index (κ2) is 9.56. The SMILES string of the molecule is COC(=O)c1cc(-c2cc([C@@H](C)NC(=O)OCc3ccccc3)c3ccccc3n2)cn1C. The Morgan fingerprint density at radius 3 is 2.55 bits per heavy atom. The number of nitrogens with one attached hydrogen (secondary N) is 1. The molecular formula is C26H25N3O4. The molecule has 0 bridgehead atoms. The van der Waals surface area contributed by atoms with Gasteiger partial charge in [0.1, 0.15) is 12.3 Å². The van der Waals surface area contributed by atoms with Gasteiger partial charge >= 0.3 is 12.1 Å². The Bertz CT molecular complexity index is 1300. The molecule has 0 aliphatic rings. The number of esters is 1. The lowest BCUT2D eigenvalue weighted by Gasteiger charge is -2.17. The maximum atomic E-state index is 12.4. The summed E-state index contributed by atoms with van der Waals surface area (Å²) in [6, 6.07) is 20.6. The van der Waals surface area contributed by atoms with Crippen LogP contribution in [0, 0.1) is 0 Å². The van der Waals surface area contributed by atoms with Crippen LogP contribution in [0.25, 0.3) is 22.2 Å². The first-order chi connectivity index (χ1) is 16.0. The topological polar surface area (TPSA) is 82.4 Å². The number of carbonyl (C=O) groups excluding carboxylic acids is 2. The fourth-order valence-electron chi connectivity index (χ4n) is 3.74. The normalized spacial score (nSPS) is 11.7. The average molecular weight is 444 g/mol. The lowest BCUT2D eigenvalue weighted by atomic mass is 10.0. The van der Waals surface area contributed by atoms with E-state index in [0.29, 0.717) is 11.4 Å². The molecule has 2 aromatic heterocycles. The zero-order chi connectivity index (χ0) is 23.4. The van der Waals surface area contributed by atoms with Gasteiger partial charge in [-0.2, -0.15) is 0 Å². The van der Waals surface area contributed by atoms with Gasteiger partial charge in [-0.15, -0.1) is 0 Å². The number of hydrogen-bond acceptors (Lipinski definition) is 5. The van der Waals surface area contributed by atoms with Crippen LogP contribution >= 0.6 is 0 Å². The number of hydrogen-bond donors (Lipinski definition) is 1. The zero-order valence-electron chi connectivity index (χ0n) is 18.7. The van der Waals surface area contributed by atoms with Crippen LogP contribution in [0.15, 0.2) is 72.9 Å². The molecule has 0 radical (unpaired) electrons. The summed E-state index contributed by atoms with van der Waals surface area (Å²) >= 11 is 0. The van der Waals surface area contributed by atoms with E-state index in [2.05, 4.69) is 5.32 Å². The standard InChI is InChI=1S/C26H25N3O4/c1-17(27-26(31)33-16-18-9-5-4-6-10-18)21-14-23(28-22-12-8-7-11-20(21)22)19-13-24(25(30)32-3)29(2)15-19/h4-15,17H,16H2,1-3H3,(H,27,31)/t17-/m1/s1. The Morgan fingerprint density at radius 1 is 1.06 bits per heavy atom. The lowest BCUT2D eigenvalue weighted by Crippen LogP contribution is -2.27. The van der Waals surface area contributed by atoms with Gasteiger partial charge in [0.2, 0.25) is 0 Å². The number of pyridine rings is 1. The Morgan fingerprint density at radius 2 is 1.79 bits per heavy atom. The highest BCUT2D eigenvalue weighted by Gasteiger charge is 2.18. The largest absolute Gasteiger partial charge is 0.464 e. The number of nitrogens with zero attached hydrogens (tertiary/aromatic N) is 2. The molecule has 0 unspecified atom stereocenters. The molecule has 1 atom stereocenters. The van der Waals surface area contributed by atoms with E-state index >= 15 is 0 Å². The molecule has 168 valence electrons. The molecule has 4 aromatic rings. The zero-order valence-corrected chi connectivity index (χ0v) is 18.7. The molecule has 1 N–H and O–H groups in total. The number of methoxy groups -OCH3 is 1. The Hall–Kier alpha value is -4.13. The Kier molecular flexibility index (Phi) is 6.40.